The molecule has 0 aromatic heterocycles. The van der Waals surface area contributed by atoms with Crippen LogP contribution >= 0.6 is 11.6 Å². The number of amides is 1. The number of nitrogens with zero attached hydrogens (tertiary/aromatic N) is 2. The number of rotatable bonds is 6. The lowest BCUT2D eigenvalue weighted by atomic mass is 9.91. The minimum absolute atomic E-state index is 0.0188. The van der Waals surface area contributed by atoms with Crippen LogP contribution in [0.15, 0.2) is 66.2 Å². The Morgan fingerprint density at radius 3 is 2.55 bits per heavy atom. The van der Waals surface area contributed by atoms with Gasteiger partial charge in [-0.1, -0.05) is 54.1 Å². The van der Waals surface area contributed by atoms with Gasteiger partial charge in [0.1, 0.15) is 11.5 Å². The van der Waals surface area contributed by atoms with Gasteiger partial charge in [0.25, 0.3) is 11.7 Å². The van der Waals surface area contributed by atoms with Crippen molar-refractivity contribution in [3.63, 3.8) is 0 Å². The van der Waals surface area contributed by atoms with Crippen molar-refractivity contribution in [2.45, 2.75) is 6.04 Å². The molecule has 4 rings (SSSR count). The highest BCUT2D eigenvalue weighted by atomic mass is 35.5. The molecule has 33 heavy (non-hydrogen) atoms. The Kier molecular flexibility index (Phi) is 6.40. The summed E-state index contributed by atoms with van der Waals surface area (Å²) < 4.78 is 5.27. The molecule has 1 atom stereocenters. The first-order valence-corrected chi connectivity index (χ1v) is 11.0. The number of ketones is 1. The van der Waals surface area contributed by atoms with E-state index in [0.29, 0.717) is 18.8 Å². The molecular formula is C26H25ClN2O4. The molecule has 1 N–H and O–H groups in total. The lowest BCUT2D eigenvalue weighted by molar-refractivity contribution is -0.140. The van der Waals surface area contributed by atoms with Crippen LogP contribution in [0.3, 0.4) is 0 Å². The number of ether oxygens (including phenoxy) is 1. The van der Waals surface area contributed by atoms with Crippen molar-refractivity contribution >= 4 is 39.8 Å². The van der Waals surface area contributed by atoms with Crippen molar-refractivity contribution in [3.8, 4) is 5.75 Å². The maximum Gasteiger partial charge on any atom is 0.295 e. The summed E-state index contributed by atoms with van der Waals surface area (Å²) in [6, 6.07) is 17.6. The molecule has 1 aliphatic rings. The maximum absolute atomic E-state index is 13.3. The molecule has 1 unspecified atom stereocenters. The molecule has 1 fully saturated rings. The van der Waals surface area contributed by atoms with Gasteiger partial charge in [-0.05, 0) is 48.6 Å². The molecule has 3 aromatic rings. The van der Waals surface area contributed by atoms with Crippen LogP contribution < -0.4 is 4.74 Å². The van der Waals surface area contributed by atoms with Crippen LogP contribution in [0.5, 0.6) is 5.75 Å². The smallest absolute Gasteiger partial charge is 0.295 e. The zero-order valence-electron chi connectivity index (χ0n) is 18.7. The van der Waals surface area contributed by atoms with Crippen LogP contribution in [0.25, 0.3) is 16.5 Å². The van der Waals surface area contributed by atoms with Gasteiger partial charge in [0.2, 0.25) is 0 Å². The normalized spacial score (nSPS) is 17.8. The van der Waals surface area contributed by atoms with Crippen molar-refractivity contribution in [1.29, 1.82) is 0 Å². The van der Waals surface area contributed by atoms with Gasteiger partial charge in [-0.3, -0.25) is 9.59 Å². The first kappa shape index (κ1) is 22.8. The largest absolute Gasteiger partial charge is 0.507 e. The zero-order chi connectivity index (χ0) is 23.7. The SMILES string of the molecule is COc1ccc(Cl)c(/C(O)=C2\C(=O)C(=O)N(CCN(C)C)C2c2cccc3ccccc23)c1. The second-order valence-electron chi connectivity index (χ2n) is 8.21. The van der Waals surface area contributed by atoms with Crippen molar-refractivity contribution in [3.05, 3.63) is 82.4 Å². The highest BCUT2D eigenvalue weighted by molar-refractivity contribution is 6.47. The van der Waals surface area contributed by atoms with Crippen LogP contribution in [-0.4, -0.2) is 60.9 Å². The summed E-state index contributed by atoms with van der Waals surface area (Å²) in [5, 5.41) is 13.5. The topological polar surface area (TPSA) is 70.1 Å². The molecule has 3 aromatic carbocycles. The molecule has 0 bridgehead atoms. The van der Waals surface area contributed by atoms with Crippen LogP contribution in [-0.2, 0) is 9.59 Å². The Labute approximate surface area is 197 Å². The van der Waals surface area contributed by atoms with E-state index in [0.717, 1.165) is 16.3 Å². The van der Waals surface area contributed by atoms with Crippen LogP contribution in [0.2, 0.25) is 5.02 Å². The van der Waals surface area contributed by atoms with E-state index < -0.39 is 17.7 Å². The van der Waals surface area contributed by atoms with Crippen molar-refractivity contribution in [1.82, 2.24) is 9.80 Å². The highest BCUT2D eigenvalue weighted by Gasteiger charge is 2.46. The molecule has 7 heteroatoms. The van der Waals surface area contributed by atoms with Gasteiger partial charge in [-0.15, -0.1) is 0 Å². The summed E-state index contributed by atoms with van der Waals surface area (Å²) in [4.78, 5) is 29.9. The number of methoxy groups -OCH3 is 1. The first-order chi connectivity index (χ1) is 15.8. The number of aliphatic hydroxyl groups excluding tert-OH is 1. The lowest BCUT2D eigenvalue weighted by Crippen LogP contribution is -2.35. The third kappa shape index (κ3) is 4.19. The molecule has 1 saturated heterocycles. The monoisotopic (exact) mass is 464 g/mol. The second-order valence-corrected chi connectivity index (χ2v) is 8.62. The first-order valence-electron chi connectivity index (χ1n) is 10.6. The quantitative estimate of drug-likeness (QED) is 0.331. The maximum atomic E-state index is 13.3. The van der Waals surface area contributed by atoms with Crippen LogP contribution in [0.1, 0.15) is 17.2 Å². The van der Waals surface area contributed by atoms with Gasteiger partial charge in [-0.25, -0.2) is 0 Å². The lowest BCUT2D eigenvalue weighted by Gasteiger charge is -2.27. The Morgan fingerprint density at radius 2 is 1.82 bits per heavy atom. The molecule has 170 valence electrons. The average molecular weight is 465 g/mol. The molecule has 0 radical (unpaired) electrons. The predicted molar refractivity (Wildman–Crippen MR) is 130 cm³/mol. The fourth-order valence-electron chi connectivity index (χ4n) is 4.19. The summed E-state index contributed by atoms with van der Waals surface area (Å²) in [5.74, 6) is -1.22. The van der Waals surface area contributed by atoms with Gasteiger partial charge in [0.15, 0.2) is 0 Å². The molecule has 0 spiro atoms. The molecule has 1 heterocycles. The van der Waals surface area contributed by atoms with E-state index in [4.69, 9.17) is 16.3 Å². The zero-order valence-corrected chi connectivity index (χ0v) is 19.5. The second kappa shape index (κ2) is 9.25. The van der Waals surface area contributed by atoms with Gasteiger partial charge >= 0.3 is 0 Å². The number of fused-ring (bicyclic) bond motifs is 1. The van der Waals surface area contributed by atoms with E-state index in [1.807, 2.05) is 61.5 Å². The van der Waals surface area contributed by atoms with Crippen molar-refractivity contribution < 1.29 is 19.4 Å². The molecule has 1 amide bonds. The number of benzene rings is 3. The number of likely N-dealkylation sites (tertiary alicyclic amines) is 1. The number of aliphatic hydroxyl groups is 1. The minimum Gasteiger partial charge on any atom is -0.507 e. The van der Waals surface area contributed by atoms with E-state index in [-0.39, 0.29) is 21.9 Å². The van der Waals surface area contributed by atoms with Gasteiger partial charge in [-0.2, -0.15) is 0 Å². The molecule has 0 aliphatic carbocycles. The summed E-state index contributed by atoms with van der Waals surface area (Å²) in [6.45, 7) is 0.891. The van der Waals surface area contributed by atoms with Crippen molar-refractivity contribution in [2.75, 3.05) is 34.3 Å². The van der Waals surface area contributed by atoms with Crippen LogP contribution in [0.4, 0.5) is 0 Å². The Hall–Kier alpha value is -3.35. The average Bonchev–Trinajstić information content (AvgIpc) is 3.07. The highest BCUT2D eigenvalue weighted by Crippen LogP contribution is 2.43. The number of hydrogen-bond acceptors (Lipinski definition) is 5. The molecular weight excluding hydrogens is 440 g/mol. The third-order valence-corrected chi connectivity index (χ3v) is 6.20. The Bertz CT molecular complexity index is 1260. The van der Waals surface area contributed by atoms with E-state index in [2.05, 4.69) is 0 Å². The summed E-state index contributed by atoms with van der Waals surface area (Å²) in [7, 11) is 5.31. The standard InChI is InChI=1S/C26H25ClN2O4/c1-28(2)13-14-29-23(19-10-6-8-16-7-4-5-9-18(16)19)22(25(31)26(29)32)24(30)20-15-17(33-3)11-12-21(20)27/h4-12,15,23,30H,13-14H2,1-3H3/b24-22+. The van der Waals surface area contributed by atoms with E-state index in [1.165, 1.54) is 12.0 Å². The van der Waals surface area contributed by atoms with E-state index in [1.54, 1.807) is 18.2 Å². The number of Topliss-reactive ketones (excluding diaryl/α,β-unsaturated/α-hetero) is 1. The Balaban J connectivity index is 1.97. The summed E-state index contributed by atoms with van der Waals surface area (Å²) in [6.07, 6.45) is 0. The molecule has 0 saturated carbocycles. The fourth-order valence-corrected chi connectivity index (χ4v) is 4.40. The van der Waals surface area contributed by atoms with Crippen molar-refractivity contribution in [2.24, 2.45) is 0 Å². The Morgan fingerprint density at radius 1 is 1.09 bits per heavy atom. The predicted octanol–water partition coefficient (Wildman–Crippen LogP) is 4.49. The molecule has 1 aliphatic heterocycles. The van der Waals surface area contributed by atoms with Gasteiger partial charge in [0.05, 0.1) is 23.7 Å². The van der Waals surface area contributed by atoms with Gasteiger partial charge < -0.3 is 19.6 Å². The number of carbonyl (C=O) groups excluding carboxylic acids is 2. The molecule has 6 nitrogen and oxygen atoms in total. The summed E-state index contributed by atoms with van der Waals surface area (Å²) in [5.41, 5.74) is 1.03. The fraction of sp³-hybridized carbons (Fsp3) is 0.231. The number of carbonyl (C=O) groups is 2. The summed E-state index contributed by atoms with van der Waals surface area (Å²) >= 11 is 6.37. The minimum atomic E-state index is -0.752. The third-order valence-electron chi connectivity index (χ3n) is 5.87. The van der Waals surface area contributed by atoms with E-state index >= 15 is 0 Å². The number of likely N-dealkylation sites (N-methyl/N-ethyl adjacent to an activating group) is 1. The van der Waals surface area contributed by atoms with Gasteiger partial charge in [0, 0.05) is 18.7 Å². The van der Waals surface area contributed by atoms with Crippen LogP contribution in [0, 0.1) is 0 Å². The van der Waals surface area contributed by atoms with E-state index in [9.17, 15) is 14.7 Å². The number of halogens is 1. The number of hydrogen-bond donors (Lipinski definition) is 1.